The molecular formula is C15H28N2O2. The van der Waals surface area contributed by atoms with Gasteiger partial charge in [-0.2, -0.15) is 0 Å². The zero-order valence-corrected chi connectivity index (χ0v) is 12.1. The van der Waals surface area contributed by atoms with E-state index in [1.54, 1.807) is 0 Å². The second-order valence-corrected chi connectivity index (χ2v) is 6.02. The van der Waals surface area contributed by atoms with Gasteiger partial charge in [0.05, 0.1) is 12.7 Å². The molecule has 1 amide bonds. The molecular weight excluding hydrogens is 240 g/mol. The quantitative estimate of drug-likeness (QED) is 0.723. The second-order valence-electron chi connectivity index (χ2n) is 6.02. The fourth-order valence-electron chi connectivity index (χ4n) is 3.16. The molecule has 4 nitrogen and oxygen atoms in total. The lowest BCUT2D eigenvalue weighted by atomic mass is 9.88. The van der Waals surface area contributed by atoms with Crippen molar-refractivity contribution in [3.63, 3.8) is 0 Å². The van der Waals surface area contributed by atoms with E-state index in [0.29, 0.717) is 37.6 Å². The highest BCUT2D eigenvalue weighted by Gasteiger charge is 2.21. The van der Waals surface area contributed by atoms with Crippen molar-refractivity contribution < 1.29 is 9.53 Å². The number of rotatable bonds is 6. The maximum atomic E-state index is 11.7. The number of hydrogen-bond donors (Lipinski definition) is 2. The first kappa shape index (κ1) is 14.8. The summed E-state index contributed by atoms with van der Waals surface area (Å²) in [4.78, 5) is 11.7. The van der Waals surface area contributed by atoms with Gasteiger partial charge >= 0.3 is 0 Å². The molecule has 3 atom stereocenters. The van der Waals surface area contributed by atoms with Crippen molar-refractivity contribution in [3.05, 3.63) is 0 Å². The van der Waals surface area contributed by atoms with Crippen LogP contribution in [0.25, 0.3) is 0 Å². The molecule has 0 spiro atoms. The van der Waals surface area contributed by atoms with Crippen LogP contribution in [0.5, 0.6) is 0 Å². The minimum Gasteiger partial charge on any atom is -0.376 e. The first-order valence-electron chi connectivity index (χ1n) is 7.87. The molecule has 3 unspecified atom stereocenters. The smallest absolute Gasteiger partial charge is 0.221 e. The lowest BCUT2D eigenvalue weighted by molar-refractivity contribution is -0.122. The number of nitrogens with one attached hydrogen (secondary N) is 2. The Balaban J connectivity index is 1.52. The predicted molar refractivity (Wildman–Crippen MR) is 76.0 cm³/mol. The van der Waals surface area contributed by atoms with Crippen LogP contribution in [0.15, 0.2) is 0 Å². The largest absolute Gasteiger partial charge is 0.376 e. The van der Waals surface area contributed by atoms with Crippen LogP contribution in [0.3, 0.4) is 0 Å². The van der Waals surface area contributed by atoms with Crippen LogP contribution in [0.2, 0.25) is 0 Å². The molecule has 19 heavy (non-hydrogen) atoms. The second kappa shape index (κ2) is 7.85. The average Bonchev–Trinajstić information content (AvgIpc) is 2.89. The maximum absolute atomic E-state index is 11.7. The van der Waals surface area contributed by atoms with Crippen molar-refractivity contribution in [2.24, 2.45) is 5.92 Å². The van der Waals surface area contributed by atoms with Gasteiger partial charge in [-0.05, 0) is 38.1 Å². The molecule has 1 aliphatic heterocycles. The van der Waals surface area contributed by atoms with Crippen molar-refractivity contribution in [1.82, 2.24) is 10.6 Å². The van der Waals surface area contributed by atoms with Gasteiger partial charge in [-0.1, -0.05) is 19.8 Å². The van der Waals surface area contributed by atoms with Gasteiger partial charge in [0.25, 0.3) is 0 Å². The fourth-order valence-corrected chi connectivity index (χ4v) is 3.16. The molecule has 1 heterocycles. The summed E-state index contributed by atoms with van der Waals surface area (Å²) < 4.78 is 5.89. The Bertz CT molecular complexity index is 277. The molecule has 1 saturated heterocycles. The summed E-state index contributed by atoms with van der Waals surface area (Å²) in [7, 11) is 0. The normalized spacial score (nSPS) is 31.3. The highest BCUT2D eigenvalue weighted by Crippen LogP contribution is 2.25. The molecule has 0 aromatic carbocycles. The van der Waals surface area contributed by atoms with Crippen LogP contribution in [0, 0.1) is 5.92 Å². The van der Waals surface area contributed by atoms with E-state index in [4.69, 9.17) is 4.74 Å². The van der Waals surface area contributed by atoms with Gasteiger partial charge < -0.3 is 15.4 Å². The number of hydrogen-bond acceptors (Lipinski definition) is 3. The molecule has 1 aliphatic carbocycles. The summed E-state index contributed by atoms with van der Waals surface area (Å²) in [5.74, 6) is 0.826. The van der Waals surface area contributed by atoms with Crippen molar-refractivity contribution in [1.29, 1.82) is 0 Å². The Morgan fingerprint density at radius 1 is 1.26 bits per heavy atom. The lowest BCUT2D eigenvalue weighted by Crippen LogP contribution is -2.35. The minimum absolute atomic E-state index is 0.152. The van der Waals surface area contributed by atoms with Crippen LogP contribution < -0.4 is 10.6 Å². The van der Waals surface area contributed by atoms with Crippen LogP contribution in [-0.4, -0.2) is 37.7 Å². The summed E-state index contributed by atoms with van der Waals surface area (Å²) in [6, 6.07) is 0.388. The Morgan fingerprint density at radius 3 is 2.84 bits per heavy atom. The molecule has 2 aliphatic rings. The molecule has 0 aromatic rings. The van der Waals surface area contributed by atoms with Crippen molar-refractivity contribution >= 4 is 5.91 Å². The van der Waals surface area contributed by atoms with E-state index >= 15 is 0 Å². The predicted octanol–water partition coefficient (Wildman–Crippen LogP) is 1.84. The van der Waals surface area contributed by atoms with Crippen LogP contribution in [-0.2, 0) is 9.53 Å². The lowest BCUT2D eigenvalue weighted by Gasteiger charge is -2.28. The van der Waals surface area contributed by atoms with Gasteiger partial charge in [0.1, 0.15) is 0 Å². The Kier molecular flexibility index (Phi) is 6.11. The summed E-state index contributed by atoms with van der Waals surface area (Å²) in [6.45, 7) is 4.63. The third kappa shape index (κ3) is 5.11. The molecule has 0 bridgehead atoms. The molecule has 2 rings (SSSR count). The van der Waals surface area contributed by atoms with E-state index in [2.05, 4.69) is 17.6 Å². The van der Waals surface area contributed by atoms with Crippen molar-refractivity contribution in [2.75, 3.05) is 19.7 Å². The van der Waals surface area contributed by atoms with Gasteiger partial charge in [-0.25, -0.2) is 0 Å². The van der Waals surface area contributed by atoms with Gasteiger partial charge in [0.2, 0.25) is 5.91 Å². The fraction of sp³-hybridized carbons (Fsp3) is 0.933. The highest BCUT2D eigenvalue weighted by atomic mass is 16.5. The number of amides is 1. The number of carbonyl (C=O) groups is 1. The van der Waals surface area contributed by atoms with Gasteiger partial charge in [-0.15, -0.1) is 0 Å². The molecule has 110 valence electrons. The van der Waals surface area contributed by atoms with E-state index < -0.39 is 0 Å². The first-order chi connectivity index (χ1) is 9.25. The minimum atomic E-state index is 0.152. The molecule has 2 fully saturated rings. The van der Waals surface area contributed by atoms with Crippen molar-refractivity contribution in [2.45, 2.75) is 64.0 Å². The van der Waals surface area contributed by atoms with E-state index in [0.717, 1.165) is 13.0 Å². The van der Waals surface area contributed by atoms with Crippen LogP contribution >= 0.6 is 0 Å². The third-order valence-electron chi connectivity index (χ3n) is 4.38. The Hall–Kier alpha value is -0.610. The summed E-state index contributed by atoms with van der Waals surface area (Å²) in [5.41, 5.74) is 0. The SMILES string of the molecule is CC1CCCCC1OCCNC(=O)CC1CCCN1. The van der Waals surface area contributed by atoms with Crippen LogP contribution in [0.1, 0.15) is 51.9 Å². The summed E-state index contributed by atoms with van der Waals surface area (Å²) >= 11 is 0. The topological polar surface area (TPSA) is 50.4 Å². The molecule has 1 saturated carbocycles. The van der Waals surface area contributed by atoms with E-state index in [1.165, 1.54) is 32.1 Å². The first-order valence-corrected chi connectivity index (χ1v) is 7.87. The van der Waals surface area contributed by atoms with Gasteiger partial charge in [0, 0.05) is 19.0 Å². The maximum Gasteiger partial charge on any atom is 0.221 e. The number of ether oxygens (including phenoxy) is 1. The zero-order valence-electron chi connectivity index (χ0n) is 12.1. The average molecular weight is 268 g/mol. The molecule has 4 heteroatoms. The van der Waals surface area contributed by atoms with Crippen molar-refractivity contribution in [3.8, 4) is 0 Å². The van der Waals surface area contributed by atoms with Crippen LogP contribution in [0.4, 0.5) is 0 Å². The third-order valence-corrected chi connectivity index (χ3v) is 4.38. The van der Waals surface area contributed by atoms with Gasteiger partial charge in [-0.3, -0.25) is 4.79 Å². The highest BCUT2D eigenvalue weighted by molar-refractivity contribution is 5.76. The Morgan fingerprint density at radius 2 is 2.11 bits per heavy atom. The van der Waals surface area contributed by atoms with E-state index in [9.17, 15) is 4.79 Å². The molecule has 0 radical (unpaired) electrons. The van der Waals surface area contributed by atoms with E-state index in [1.807, 2.05) is 0 Å². The monoisotopic (exact) mass is 268 g/mol. The standard InChI is InChI=1S/C15H28N2O2/c1-12-5-2-3-7-14(12)19-10-9-17-15(18)11-13-6-4-8-16-13/h12-14,16H,2-11H2,1H3,(H,17,18). The summed E-state index contributed by atoms with van der Waals surface area (Å²) in [5, 5.41) is 6.30. The number of carbonyl (C=O) groups excluding carboxylic acids is 1. The van der Waals surface area contributed by atoms with E-state index in [-0.39, 0.29) is 5.91 Å². The zero-order chi connectivity index (χ0) is 13.5. The molecule has 2 N–H and O–H groups in total. The Labute approximate surface area is 116 Å². The summed E-state index contributed by atoms with van der Waals surface area (Å²) in [6.07, 6.45) is 8.43. The molecule has 0 aromatic heterocycles. The van der Waals surface area contributed by atoms with Gasteiger partial charge in [0.15, 0.2) is 0 Å².